The molecule has 0 radical (unpaired) electrons. The number of benzene rings is 2. The van der Waals surface area contributed by atoms with Gasteiger partial charge in [0.15, 0.2) is 17.2 Å². The van der Waals surface area contributed by atoms with E-state index in [-0.39, 0.29) is 0 Å². The second-order valence-corrected chi connectivity index (χ2v) is 5.64. The summed E-state index contributed by atoms with van der Waals surface area (Å²) in [7, 11) is 0. The molecular formula is C18H13ClN2O2. The lowest BCUT2D eigenvalue weighted by molar-refractivity contribution is 0.457. The third-order valence-electron chi connectivity index (χ3n) is 3.54. The zero-order chi connectivity index (χ0) is 15.8. The third kappa shape index (κ3) is 2.69. The van der Waals surface area contributed by atoms with Gasteiger partial charge in [-0.1, -0.05) is 29.8 Å². The van der Waals surface area contributed by atoms with E-state index in [1.54, 1.807) is 6.08 Å². The number of anilines is 1. The van der Waals surface area contributed by atoms with Crippen LogP contribution in [-0.4, -0.2) is 4.98 Å². The van der Waals surface area contributed by atoms with Crippen LogP contribution in [0.4, 0.5) is 5.69 Å². The van der Waals surface area contributed by atoms with E-state index in [2.05, 4.69) is 10.3 Å². The smallest absolute Gasteiger partial charge is 0.219 e. The Morgan fingerprint density at radius 2 is 2.09 bits per heavy atom. The first-order chi connectivity index (χ1) is 11.2. The van der Waals surface area contributed by atoms with Crippen LogP contribution in [-0.2, 0) is 0 Å². The maximum atomic E-state index is 6.11. The Kier molecular flexibility index (Phi) is 3.32. The molecule has 2 aromatic carbocycles. The predicted octanol–water partition coefficient (Wildman–Crippen LogP) is 5.15. The molecule has 114 valence electrons. The molecule has 23 heavy (non-hydrogen) atoms. The molecule has 0 unspecified atom stereocenters. The standard InChI is InChI=1S/C18H13ClN2O2/c1-11-9-16-14(10-12(11)19)21-18(23-16)8-4-7-17-20-13-5-2-3-6-15(13)22-17/h2-10,21H,1H3. The van der Waals surface area contributed by atoms with Crippen molar-refractivity contribution in [1.29, 1.82) is 0 Å². The van der Waals surface area contributed by atoms with Gasteiger partial charge >= 0.3 is 0 Å². The van der Waals surface area contributed by atoms with E-state index in [0.29, 0.717) is 16.8 Å². The molecule has 4 nitrogen and oxygen atoms in total. The minimum Gasteiger partial charge on any atom is -0.439 e. The van der Waals surface area contributed by atoms with Gasteiger partial charge in [-0.05, 0) is 42.8 Å². The number of aryl methyl sites for hydroxylation is 1. The molecule has 0 atom stereocenters. The lowest BCUT2D eigenvalue weighted by Gasteiger charge is -1.99. The number of fused-ring (bicyclic) bond motifs is 2. The predicted molar refractivity (Wildman–Crippen MR) is 91.6 cm³/mol. The molecule has 0 fully saturated rings. The van der Waals surface area contributed by atoms with Crippen molar-refractivity contribution in [3.63, 3.8) is 0 Å². The van der Waals surface area contributed by atoms with Crippen LogP contribution in [0.2, 0.25) is 5.02 Å². The fourth-order valence-corrected chi connectivity index (χ4v) is 2.53. The number of allylic oxidation sites excluding steroid dienone is 2. The normalized spacial score (nSPS) is 15.1. The molecule has 0 saturated carbocycles. The third-order valence-corrected chi connectivity index (χ3v) is 3.94. The van der Waals surface area contributed by atoms with Crippen molar-refractivity contribution in [1.82, 2.24) is 4.98 Å². The van der Waals surface area contributed by atoms with E-state index in [9.17, 15) is 0 Å². The molecule has 5 heteroatoms. The molecule has 1 aliphatic heterocycles. The average Bonchev–Trinajstić information content (AvgIpc) is 3.11. The zero-order valence-electron chi connectivity index (χ0n) is 12.3. The van der Waals surface area contributed by atoms with E-state index < -0.39 is 0 Å². The molecule has 0 saturated heterocycles. The molecule has 3 aromatic rings. The Morgan fingerprint density at radius 1 is 1.22 bits per heavy atom. The Labute approximate surface area is 138 Å². The summed E-state index contributed by atoms with van der Waals surface area (Å²) in [5.41, 5.74) is 3.46. The van der Waals surface area contributed by atoms with Crippen LogP contribution < -0.4 is 10.1 Å². The highest BCUT2D eigenvalue weighted by Gasteiger charge is 2.17. The van der Waals surface area contributed by atoms with Gasteiger partial charge in [-0.15, -0.1) is 0 Å². The van der Waals surface area contributed by atoms with Crippen LogP contribution in [0.3, 0.4) is 0 Å². The minimum atomic E-state index is 0.553. The van der Waals surface area contributed by atoms with Crippen LogP contribution in [0.25, 0.3) is 17.2 Å². The minimum absolute atomic E-state index is 0.553. The SMILES string of the molecule is Cc1cc2c(cc1Cl)NC(=CC=Cc1nc3ccccc3o1)O2. The highest BCUT2D eigenvalue weighted by molar-refractivity contribution is 6.31. The maximum Gasteiger partial charge on any atom is 0.219 e. The van der Waals surface area contributed by atoms with Crippen molar-refractivity contribution in [2.45, 2.75) is 6.92 Å². The van der Waals surface area contributed by atoms with E-state index in [4.69, 9.17) is 20.8 Å². The first-order valence-corrected chi connectivity index (χ1v) is 7.56. The average molecular weight is 325 g/mol. The van der Waals surface area contributed by atoms with Gasteiger partial charge in [-0.3, -0.25) is 0 Å². The van der Waals surface area contributed by atoms with E-state index in [0.717, 1.165) is 28.1 Å². The van der Waals surface area contributed by atoms with Gasteiger partial charge < -0.3 is 14.5 Å². The number of aromatic nitrogens is 1. The number of para-hydroxylation sites is 2. The highest BCUT2D eigenvalue weighted by Crippen LogP contribution is 2.37. The number of ether oxygens (including phenoxy) is 1. The molecule has 0 bridgehead atoms. The van der Waals surface area contributed by atoms with E-state index in [1.807, 2.05) is 55.5 Å². The van der Waals surface area contributed by atoms with E-state index in [1.165, 1.54) is 0 Å². The van der Waals surface area contributed by atoms with Crippen molar-refractivity contribution >= 4 is 34.5 Å². The quantitative estimate of drug-likeness (QED) is 0.708. The number of nitrogens with zero attached hydrogens (tertiary/aromatic N) is 1. The first kappa shape index (κ1) is 13.9. The molecule has 1 N–H and O–H groups in total. The molecule has 1 aliphatic rings. The van der Waals surface area contributed by atoms with Crippen LogP contribution >= 0.6 is 11.6 Å². The summed E-state index contributed by atoms with van der Waals surface area (Å²) in [5, 5.41) is 3.88. The monoisotopic (exact) mass is 324 g/mol. The Bertz CT molecular complexity index is 891. The summed E-state index contributed by atoms with van der Waals surface area (Å²) in [6.45, 7) is 1.95. The highest BCUT2D eigenvalue weighted by atomic mass is 35.5. The summed E-state index contributed by atoms with van der Waals surface area (Å²) in [5.74, 6) is 1.96. The summed E-state index contributed by atoms with van der Waals surface area (Å²) >= 11 is 6.11. The molecule has 1 aromatic heterocycles. The molecule has 0 aliphatic carbocycles. The summed E-state index contributed by atoms with van der Waals surface area (Å²) in [4.78, 5) is 4.38. The van der Waals surface area contributed by atoms with Crippen LogP contribution in [0.15, 0.2) is 58.9 Å². The fourth-order valence-electron chi connectivity index (χ4n) is 2.37. The van der Waals surface area contributed by atoms with Gasteiger partial charge in [0.2, 0.25) is 5.89 Å². The van der Waals surface area contributed by atoms with Crippen molar-refractivity contribution in [3.05, 3.63) is 70.9 Å². The number of nitrogens with one attached hydrogen (secondary N) is 1. The summed E-state index contributed by atoms with van der Waals surface area (Å²) in [6.07, 6.45) is 5.44. The number of hydrogen-bond acceptors (Lipinski definition) is 4. The van der Waals surface area contributed by atoms with Gasteiger partial charge in [0.05, 0.1) is 5.69 Å². The Morgan fingerprint density at radius 3 is 2.96 bits per heavy atom. The van der Waals surface area contributed by atoms with Crippen LogP contribution in [0.1, 0.15) is 11.5 Å². The van der Waals surface area contributed by atoms with E-state index >= 15 is 0 Å². The molecule has 0 amide bonds. The van der Waals surface area contributed by atoms with Crippen molar-refractivity contribution < 1.29 is 9.15 Å². The molecule has 0 spiro atoms. The van der Waals surface area contributed by atoms with Gasteiger partial charge in [0.1, 0.15) is 5.52 Å². The van der Waals surface area contributed by atoms with Crippen LogP contribution in [0.5, 0.6) is 5.75 Å². The number of hydrogen-bond donors (Lipinski definition) is 1. The van der Waals surface area contributed by atoms with Gasteiger partial charge in [0, 0.05) is 11.1 Å². The lowest BCUT2D eigenvalue weighted by atomic mass is 10.2. The molecular weight excluding hydrogens is 312 g/mol. The second kappa shape index (κ2) is 5.48. The summed E-state index contributed by atoms with van der Waals surface area (Å²) < 4.78 is 11.3. The Balaban J connectivity index is 1.53. The molecule has 2 heterocycles. The number of halogens is 1. The van der Waals surface area contributed by atoms with Gasteiger partial charge in [0.25, 0.3) is 0 Å². The van der Waals surface area contributed by atoms with Gasteiger partial charge in [-0.25, -0.2) is 4.98 Å². The van der Waals surface area contributed by atoms with Crippen molar-refractivity contribution in [2.24, 2.45) is 0 Å². The maximum absolute atomic E-state index is 6.11. The lowest BCUT2D eigenvalue weighted by Crippen LogP contribution is -1.95. The van der Waals surface area contributed by atoms with Crippen LogP contribution in [0, 0.1) is 6.92 Å². The van der Waals surface area contributed by atoms with Crippen molar-refractivity contribution in [3.8, 4) is 5.75 Å². The number of oxazole rings is 1. The number of rotatable bonds is 2. The molecule has 4 rings (SSSR count). The van der Waals surface area contributed by atoms with Gasteiger partial charge in [-0.2, -0.15) is 0 Å². The second-order valence-electron chi connectivity index (χ2n) is 5.23. The Hall–Kier alpha value is -2.72. The first-order valence-electron chi connectivity index (χ1n) is 7.18. The summed E-state index contributed by atoms with van der Waals surface area (Å²) in [6, 6.07) is 11.4. The largest absolute Gasteiger partial charge is 0.439 e. The zero-order valence-corrected chi connectivity index (χ0v) is 13.1. The fraction of sp³-hybridized carbons (Fsp3) is 0.0556. The topological polar surface area (TPSA) is 47.3 Å². The van der Waals surface area contributed by atoms with Crippen molar-refractivity contribution in [2.75, 3.05) is 5.32 Å².